The van der Waals surface area contributed by atoms with Crippen molar-refractivity contribution >= 4 is 109 Å². The van der Waals surface area contributed by atoms with E-state index in [0.29, 0.717) is 32.0 Å². The molecule has 0 aliphatic carbocycles. The molecule has 0 amide bonds. The molecule has 13 heteroatoms. The second-order valence-corrected chi connectivity index (χ2v) is 11.6. The summed E-state index contributed by atoms with van der Waals surface area (Å²) in [6.45, 7) is 6.63. The lowest BCUT2D eigenvalue weighted by Gasteiger charge is -2.32. The van der Waals surface area contributed by atoms with Crippen LogP contribution in [-0.4, -0.2) is 57.5 Å². The fourth-order valence-electron chi connectivity index (χ4n) is 1.43. The topological polar surface area (TPSA) is 71.1 Å². The van der Waals surface area contributed by atoms with E-state index in [0.717, 1.165) is 0 Å². The Kier molecular flexibility index (Phi) is 16.3. The molecule has 0 spiro atoms. The summed E-state index contributed by atoms with van der Waals surface area (Å²) >= 11 is 20.7. The van der Waals surface area contributed by atoms with Gasteiger partial charge in [0.15, 0.2) is 0 Å². The maximum absolute atomic E-state index is 13.4. The standard InChI is InChI=1S/C16H25Br6O6P/c1-12(2)14(23)27-13(3)28-29(24,25-10-15(4-17,5-18)6-19)26-11-16(7-20,8-21)9-22/h13H,1,4-11H2,2-3H3. The average Bonchev–Trinajstić information content (AvgIpc) is 2.70. The molecule has 0 rings (SSSR count). The number of rotatable bonds is 16. The Morgan fingerprint density at radius 3 is 1.52 bits per heavy atom. The third kappa shape index (κ3) is 10.8. The van der Waals surface area contributed by atoms with Gasteiger partial charge in [0.2, 0.25) is 6.29 Å². The van der Waals surface area contributed by atoms with Crippen LogP contribution in [0.2, 0.25) is 0 Å². The van der Waals surface area contributed by atoms with Crippen LogP contribution in [0, 0.1) is 10.8 Å². The van der Waals surface area contributed by atoms with Gasteiger partial charge in [-0.25, -0.2) is 13.9 Å². The predicted octanol–water partition coefficient (Wildman–Crippen LogP) is 6.95. The van der Waals surface area contributed by atoms with Crippen LogP contribution in [0.1, 0.15) is 13.8 Å². The summed E-state index contributed by atoms with van der Waals surface area (Å²) in [4.78, 5) is 11.7. The highest BCUT2D eigenvalue weighted by Gasteiger charge is 2.39. The maximum Gasteiger partial charge on any atom is 0.477 e. The van der Waals surface area contributed by atoms with Crippen molar-refractivity contribution in [3.8, 4) is 0 Å². The summed E-state index contributed by atoms with van der Waals surface area (Å²) in [5, 5.41) is 3.53. The van der Waals surface area contributed by atoms with Crippen molar-refractivity contribution in [3.63, 3.8) is 0 Å². The molecule has 0 radical (unpaired) electrons. The third-order valence-corrected chi connectivity index (χ3v) is 12.2. The normalized spacial score (nSPS) is 13.9. The van der Waals surface area contributed by atoms with E-state index in [9.17, 15) is 9.36 Å². The first-order chi connectivity index (χ1) is 13.5. The number of hydrogen-bond donors (Lipinski definition) is 0. The summed E-state index contributed by atoms with van der Waals surface area (Å²) < 4.78 is 35.3. The van der Waals surface area contributed by atoms with Crippen molar-refractivity contribution in [2.24, 2.45) is 10.8 Å². The van der Waals surface area contributed by atoms with Crippen LogP contribution >= 0.6 is 103 Å². The van der Waals surface area contributed by atoms with Gasteiger partial charge in [-0.15, -0.1) is 0 Å². The Hall–Kier alpha value is 2.20. The number of hydrogen-bond acceptors (Lipinski definition) is 6. The monoisotopic (exact) mass is 818 g/mol. The number of phosphoric ester groups is 1. The molecule has 0 heterocycles. The number of carbonyl (C=O) groups is 1. The summed E-state index contributed by atoms with van der Waals surface area (Å²) in [6.07, 6.45) is -1.15. The van der Waals surface area contributed by atoms with Crippen LogP contribution in [0.15, 0.2) is 12.2 Å². The van der Waals surface area contributed by atoms with Crippen LogP contribution in [0.3, 0.4) is 0 Å². The van der Waals surface area contributed by atoms with E-state index < -0.39 is 20.1 Å². The van der Waals surface area contributed by atoms with Gasteiger partial charge in [-0.05, 0) is 13.8 Å². The molecular formula is C16H25Br6O6P. The molecule has 0 aromatic carbocycles. The zero-order chi connectivity index (χ0) is 22.7. The Morgan fingerprint density at radius 2 is 1.24 bits per heavy atom. The van der Waals surface area contributed by atoms with Crippen LogP contribution < -0.4 is 0 Å². The van der Waals surface area contributed by atoms with Crippen molar-refractivity contribution < 1.29 is 27.7 Å². The summed E-state index contributed by atoms with van der Waals surface area (Å²) in [5.41, 5.74) is -0.555. The minimum atomic E-state index is -4.07. The van der Waals surface area contributed by atoms with Crippen molar-refractivity contribution in [2.75, 3.05) is 45.2 Å². The molecule has 0 fully saturated rings. The Labute approximate surface area is 223 Å². The highest BCUT2D eigenvalue weighted by molar-refractivity contribution is 9.10. The fourth-order valence-corrected chi connectivity index (χ4v) is 9.44. The molecule has 1 atom stereocenters. The lowest BCUT2D eigenvalue weighted by atomic mass is 9.98. The van der Waals surface area contributed by atoms with Gasteiger partial charge in [0.05, 0.1) is 13.2 Å². The molecule has 0 aromatic rings. The van der Waals surface area contributed by atoms with Crippen molar-refractivity contribution in [3.05, 3.63) is 12.2 Å². The first-order valence-corrected chi connectivity index (χ1v) is 16.5. The van der Waals surface area contributed by atoms with Gasteiger partial charge in [-0.2, -0.15) is 0 Å². The minimum absolute atomic E-state index is 0.0805. The maximum atomic E-state index is 13.4. The van der Waals surface area contributed by atoms with E-state index in [1.807, 2.05) is 0 Å². The van der Waals surface area contributed by atoms with Crippen molar-refractivity contribution in [1.82, 2.24) is 0 Å². The molecule has 0 N–H and O–H groups in total. The van der Waals surface area contributed by atoms with Crippen LogP contribution in [0.25, 0.3) is 0 Å². The molecule has 29 heavy (non-hydrogen) atoms. The van der Waals surface area contributed by atoms with Gasteiger partial charge in [0.25, 0.3) is 0 Å². The zero-order valence-electron chi connectivity index (χ0n) is 16.1. The molecule has 0 aliphatic rings. The van der Waals surface area contributed by atoms with Gasteiger partial charge in [0.1, 0.15) is 0 Å². The number of phosphoric acid groups is 1. The van der Waals surface area contributed by atoms with E-state index in [1.165, 1.54) is 13.8 Å². The minimum Gasteiger partial charge on any atom is -0.432 e. The number of halogens is 6. The fraction of sp³-hybridized carbons (Fsp3) is 0.812. The molecule has 0 aliphatic heterocycles. The highest BCUT2D eigenvalue weighted by atomic mass is 79.9. The predicted molar refractivity (Wildman–Crippen MR) is 139 cm³/mol. The van der Waals surface area contributed by atoms with Gasteiger partial charge in [-0.3, -0.25) is 9.05 Å². The molecule has 0 bridgehead atoms. The van der Waals surface area contributed by atoms with E-state index in [2.05, 4.69) is 102 Å². The molecule has 1 unspecified atom stereocenters. The SMILES string of the molecule is C=C(C)C(=O)OC(C)OP(=O)(OCC(CBr)(CBr)CBr)OCC(CBr)(CBr)CBr. The molecule has 0 aromatic heterocycles. The average molecular weight is 824 g/mol. The molecule has 0 saturated heterocycles. The van der Waals surface area contributed by atoms with Gasteiger partial charge >= 0.3 is 13.8 Å². The molecule has 172 valence electrons. The smallest absolute Gasteiger partial charge is 0.432 e. The number of esters is 1. The Morgan fingerprint density at radius 1 is 0.897 bits per heavy atom. The lowest BCUT2D eigenvalue weighted by Crippen LogP contribution is -2.34. The van der Waals surface area contributed by atoms with Crippen molar-refractivity contribution in [2.45, 2.75) is 20.1 Å². The molecular weight excluding hydrogens is 799 g/mol. The number of ether oxygens (including phenoxy) is 1. The van der Waals surface area contributed by atoms with Crippen LogP contribution in [0.4, 0.5) is 0 Å². The van der Waals surface area contributed by atoms with Crippen molar-refractivity contribution in [1.29, 1.82) is 0 Å². The lowest BCUT2D eigenvalue weighted by molar-refractivity contribution is -0.158. The van der Waals surface area contributed by atoms with Crippen LogP contribution in [-0.2, 0) is 27.7 Å². The second kappa shape index (κ2) is 15.2. The summed E-state index contributed by atoms with van der Waals surface area (Å²) in [5.74, 6) is -0.657. The Bertz CT molecular complexity index is 526. The van der Waals surface area contributed by atoms with E-state index >= 15 is 0 Å². The quantitative estimate of drug-likeness (QED) is 0.0552. The first kappa shape index (κ1) is 31.2. The van der Waals surface area contributed by atoms with Crippen LogP contribution in [0.5, 0.6) is 0 Å². The number of carbonyl (C=O) groups excluding carboxylic acids is 1. The largest absolute Gasteiger partial charge is 0.477 e. The molecule has 0 saturated carbocycles. The summed E-state index contributed by atoms with van der Waals surface area (Å²) in [7, 11) is -4.07. The van der Waals surface area contributed by atoms with Gasteiger partial charge in [-0.1, -0.05) is 102 Å². The van der Waals surface area contributed by atoms with Gasteiger partial charge in [0, 0.05) is 48.4 Å². The molecule has 6 nitrogen and oxygen atoms in total. The zero-order valence-corrected chi connectivity index (χ0v) is 26.5. The summed E-state index contributed by atoms with van der Waals surface area (Å²) in [6, 6.07) is 0. The Balaban J connectivity index is 5.47. The second-order valence-electron chi connectivity index (χ2n) is 6.65. The third-order valence-electron chi connectivity index (χ3n) is 3.66. The highest BCUT2D eigenvalue weighted by Crippen LogP contribution is 2.53. The van der Waals surface area contributed by atoms with E-state index in [1.54, 1.807) is 0 Å². The van der Waals surface area contributed by atoms with E-state index in [-0.39, 0.29) is 29.6 Å². The van der Waals surface area contributed by atoms with E-state index in [4.69, 9.17) is 18.3 Å². The van der Waals surface area contributed by atoms with Gasteiger partial charge < -0.3 is 4.74 Å². The number of alkyl halides is 6. The first-order valence-electron chi connectivity index (χ1n) is 8.30.